The van der Waals surface area contributed by atoms with Gasteiger partial charge in [-0.05, 0) is 30.5 Å². The van der Waals surface area contributed by atoms with E-state index in [-0.39, 0.29) is 0 Å². The molecule has 17 heavy (non-hydrogen) atoms. The molecular formula is C14H18N2O. The molecule has 0 radical (unpaired) electrons. The molecule has 1 heterocycles. The molecule has 0 saturated carbocycles. The average molecular weight is 230 g/mol. The van der Waals surface area contributed by atoms with E-state index < -0.39 is 6.10 Å². The van der Waals surface area contributed by atoms with E-state index in [1.165, 1.54) is 0 Å². The van der Waals surface area contributed by atoms with Crippen molar-refractivity contribution in [2.24, 2.45) is 5.92 Å². The Bertz CT molecular complexity index is 462. The second kappa shape index (κ2) is 5.15. The van der Waals surface area contributed by atoms with E-state index in [1.807, 2.05) is 36.4 Å². The first-order valence-corrected chi connectivity index (χ1v) is 5.96. The minimum absolute atomic E-state index is 0.460. The maximum atomic E-state index is 10.2. The van der Waals surface area contributed by atoms with Gasteiger partial charge in [-0.25, -0.2) is 4.68 Å². The first-order chi connectivity index (χ1) is 8.18. The van der Waals surface area contributed by atoms with E-state index in [2.05, 4.69) is 18.9 Å². The van der Waals surface area contributed by atoms with Crippen LogP contribution in [-0.2, 0) is 0 Å². The van der Waals surface area contributed by atoms with Crippen LogP contribution < -0.4 is 0 Å². The van der Waals surface area contributed by atoms with E-state index in [0.717, 1.165) is 17.8 Å². The Morgan fingerprint density at radius 1 is 1.18 bits per heavy atom. The predicted molar refractivity (Wildman–Crippen MR) is 68.0 cm³/mol. The number of hydrogen-bond donors (Lipinski definition) is 1. The highest BCUT2D eigenvalue weighted by molar-refractivity contribution is 5.32. The molecule has 0 aliphatic carbocycles. The molecule has 0 saturated heterocycles. The average Bonchev–Trinajstić information content (AvgIpc) is 2.78. The van der Waals surface area contributed by atoms with Gasteiger partial charge >= 0.3 is 0 Å². The summed E-state index contributed by atoms with van der Waals surface area (Å²) in [4.78, 5) is 0. The normalized spacial score (nSPS) is 12.9. The van der Waals surface area contributed by atoms with Gasteiger partial charge in [-0.1, -0.05) is 32.0 Å². The molecule has 3 heteroatoms. The van der Waals surface area contributed by atoms with Crippen molar-refractivity contribution in [3.63, 3.8) is 0 Å². The third-order valence-corrected chi connectivity index (χ3v) is 2.71. The largest absolute Gasteiger partial charge is 0.387 e. The van der Waals surface area contributed by atoms with Gasteiger partial charge in [0, 0.05) is 6.20 Å². The molecule has 0 spiro atoms. The van der Waals surface area contributed by atoms with Crippen molar-refractivity contribution < 1.29 is 5.11 Å². The summed E-state index contributed by atoms with van der Waals surface area (Å²) >= 11 is 0. The number of nitrogens with zero attached hydrogens (tertiary/aromatic N) is 2. The Balaban J connectivity index is 2.29. The van der Waals surface area contributed by atoms with Crippen LogP contribution in [0.25, 0.3) is 5.69 Å². The predicted octanol–water partition coefficient (Wildman–Crippen LogP) is 2.95. The summed E-state index contributed by atoms with van der Waals surface area (Å²) in [5.41, 5.74) is 1.83. The summed E-state index contributed by atoms with van der Waals surface area (Å²) in [6.45, 7) is 4.21. The molecule has 0 aliphatic rings. The molecule has 3 nitrogen and oxygen atoms in total. The number of aliphatic hydroxyl groups is 1. The zero-order valence-corrected chi connectivity index (χ0v) is 10.2. The second-order valence-corrected chi connectivity index (χ2v) is 4.65. The monoisotopic (exact) mass is 230 g/mol. The van der Waals surface area contributed by atoms with Crippen LogP contribution >= 0.6 is 0 Å². The SMILES string of the molecule is CC(C)CC(O)c1ccnn1-c1ccccc1. The van der Waals surface area contributed by atoms with Crippen LogP contribution in [0.2, 0.25) is 0 Å². The number of hydrogen-bond acceptors (Lipinski definition) is 2. The van der Waals surface area contributed by atoms with Gasteiger partial charge in [0.05, 0.1) is 17.5 Å². The molecule has 1 unspecified atom stereocenters. The maximum Gasteiger partial charge on any atom is 0.0963 e. The standard InChI is InChI=1S/C14H18N2O/c1-11(2)10-14(17)13-8-9-15-16(13)12-6-4-3-5-7-12/h3-9,11,14,17H,10H2,1-2H3. The van der Waals surface area contributed by atoms with Gasteiger partial charge in [-0.15, -0.1) is 0 Å². The van der Waals surface area contributed by atoms with Crippen molar-refractivity contribution >= 4 is 0 Å². The number of benzene rings is 1. The lowest BCUT2D eigenvalue weighted by atomic mass is 10.0. The lowest BCUT2D eigenvalue weighted by Gasteiger charge is -2.15. The molecule has 1 aromatic carbocycles. The number of aromatic nitrogens is 2. The van der Waals surface area contributed by atoms with Crippen molar-refractivity contribution in [2.45, 2.75) is 26.4 Å². The molecule has 1 N–H and O–H groups in total. The van der Waals surface area contributed by atoms with Gasteiger partial charge in [0.2, 0.25) is 0 Å². The quantitative estimate of drug-likeness (QED) is 0.877. The zero-order valence-electron chi connectivity index (χ0n) is 10.2. The maximum absolute atomic E-state index is 10.2. The first-order valence-electron chi connectivity index (χ1n) is 5.96. The smallest absolute Gasteiger partial charge is 0.0963 e. The van der Waals surface area contributed by atoms with Crippen molar-refractivity contribution in [1.82, 2.24) is 9.78 Å². The lowest BCUT2D eigenvalue weighted by Crippen LogP contribution is -2.09. The van der Waals surface area contributed by atoms with Crippen LogP contribution in [0, 0.1) is 5.92 Å². The van der Waals surface area contributed by atoms with Crippen molar-refractivity contribution in [1.29, 1.82) is 0 Å². The molecule has 0 amide bonds. The van der Waals surface area contributed by atoms with E-state index in [9.17, 15) is 5.11 Å². The minimum atomic E-state index is -0.460. The molecule has 2 aromatic rings. The molecule has 0 fully saturated rings. The highest BCUT2D eigenvalue weighted by atomic mass is 16.3. The van der Waals surface area contributed by atoms with Crippen molar-refractivity contribution in [2.75, 3.05) is 0 Å². The second-order valence-electron chi connectivity index (χ2n) is 4.65. The Labute approximate surface area is 102 Å². The summed E-state index contributed by atoms with van der Waals surface area (Å²) in [5.74, 6) is 0.462. The minimum Gasteiger partial charge on any atom is -0.387 e. The fourth-order valence-corrected chi connectivity index (χ4v) is 1.92. The van der Waals surface area contributed by atoms with Crippen LogP contribution in [0.15, 0.2) is 42.6 Å². The molecule has 90 valence electrons. The van der Waals surface area contributed by atoms with Crippen LogP contribution in [0.5, 0.6) is 0 Å². The van der Waals surface area contributed by atoms with Gasteiger partial charge < -0.3 is 5.11 Å². The third kappa shape index (κ3) is 2.74. The van der Waals surface area contributed by atoms with Crippen molar-refractivity contribution in [3.05, 3.63) is 48.3 Å². The molecular weight excluding hydrogens is 212 g/mol. The van der Waals surface area contributed by atoms with E-state index in [1.54, 1.807) is 10.9 Å². The zero-order chi connectivity index (χ0) is 12.3. The fraction of sp³-hybridized carbons (Fsp3) is 0.357. The number of para-hydroxylation sites is 1. The van der Waals surface area contributed by atoms with Crippen molar-refractivity contribution in [3.8, 4) is 5.69 Å². The summed E-state index contributed by atoms with van der Waals surface area (Å²) in [5, 5.41) is 14.4. The Hall–Kier alpha value is -1.61. The van der Waals surface area contributed by atoms with Gasteiger partial charge in [0.15, 0.2) is 0 Å². The van der Waals surface area contributed by atoms with E-state index in [0.29, 0.717) is 5.92 Å². The Morgan fingerprint density at radius 3 is 2.53 bits per heavy atom. The first kappa shape index (κ1) is 11.9. The molecule has 0 bridgehead atoms. The number of rotatable bonds is 4. The van der Waals surface area contributed by atoms with Crippen LogP contribution in [0.1, 0.15) is 32.1 Å². The van der Waals surface area contributed by atoms with Crippen LogP contribution in [-0.4, -0.2) is 14.9 Å². The molecule has 1 aromatic heterocycles. The number of aliphatic hydroxyl groups excluding tert-OH is 1. The highest BCUT2D eigenvalue weighted by Gasteiger charge is 2.15. The highest BCUT2D eigenvalue weighted by Crippen LogP contribution is 2.22. The topological polar surface area (TPSA) is 38.1 Å². The van der Waals surface area contributed by atoms with Crippen LogP contribution in [0.4, 0.5) is 0 Å². The molecule has 1 atom stereocenters. The molecule has 0 aliphatic heterocycles. The summed E-state index contributed by atoms with van der Waals surface area (Å²) in [6.07, 6.45) is 2.02. The lowest BCUT2D eigenvalue weighted by molar-refractivity contribution is 0.144. The van der Waals surface area contributed by atoms with E-state index in [4.69, 9.17) is 0 Å². The van der Waals surface area contributed by atoms with Gasteiger partial charge in [-0.2, -0.15) is 5.10 Å². The van der Waals surface area contributed by atoms with Gasteiger partial charge in [0.25, 0.3) is 0 Å². The summed E-state index contributed by atoms with van der Waals surface area (Å²) in [6, 6.07) is 11.7. The third-order valence-electron chi connectivity index (χ3n) is 2.71. The summed E-state index contributed by atoms with van der Waals surface area (Å²) in [7, 11) is 0. The van der Waals surface area contributed by atoms with Crippen LogP contribution in [0.3, 0.4) is 0 Å². The Kier molecular flexibility index (Phi) is 3.59. The Morgan fingerprint density at radius 2 is 1.88 bits per heavy atom. The van der Waals surface area contributed by atoms with Gasteiger partial charge in [0.1, 0.15) is 0 Å². The van der Waals surface area contributed by atoms with E-state index >= 15 is 0 Å². The molecule has 2 rings (SSSR count). The van der Waals surface area contributed by atoms with Gasteiger partial charge in [-0.3, -0.25) is 0 Å². The summed E-state index contributed by atoms with van der Waals surface area (Å²) < 4.78 is 1.80. The fourth-order valence-electron chi connectivity index (χ4n) is 1.92.